The maximum Gasteiger partial charge on any atom is 0.239 e. The summed E-state index contributed by atoms with van der Waals surface area (Å²) in [5.74, 6) is -0.0706. The second-order valence-electron chi connectivity index (χ2n) is 7.04. The molecule has 2 amide bonds. The van der Waals surface area contributed by atoms with Crippen LogP contribution in [0.2, 0.25) is 0 Å². The van der Waals surface area contributed by atoms with Crippen molar-refractivity contribution in [3.05, 3.63) is 35.6 Å². The van der Waals surface area contributed by atoms with E-state index in [1.54, 1.807) is 17.0 Å². The number of hydrogen-bond donors (Lipinski definition) is 1. The minimum Gasteiger partial charge on any atom is -0.352 e. The second kappa shape index (κ2) is 5.62. The van der Waals surface area contributed by atoms with Crippen LogP contribution in [0.25, 0.3) is 0 Å². The highest BCUT2D eigenvalue weighted by atomic mass is 19.1. The van der Waals surface area contributed by atoms with Gasteiger partial charge in [0.2, 0.25) is 11.8 Å². The third-order valence-electron chi connectivity index (χ3n) is 4.93. The van der Waals surface area contributed by atoms with Gasteiger partial charge in [0, 0.05) is 18.0 Å². The average molecular weight is 316 g/mol. The largest absolute Gasteiger partial charge is 0.352 e. The molecule has 23 heavy (non-hydrogen) atoms. The summed E-state index contributed by atoms with van der Waals surface area (Å²) in [6.07, 6.45) is 4.90. The zero-order valence-corrected chi connectivity index (χ0v) is 13.0. The lowest BCUT2D eigenvalue weighted by atomic mass is 10.1. The molecule has 1 N–H and O–H groups in total. The number of carbonyl (C=O) groups is 2. The van der Waals surface area contributed by atoms with Crippen molar-refractivity contribution in [2.75, 3.05) is 6.54 Å². The van der Waals surface area contributed by atoms with Gasteiger partial charge in [0.15, 0.2) is 0 Å². The van der Waals surface area contributed by atoms with Gasteiger partial charge in [-0.1, -0.05) is 12.1 Å². The number of carbonyl (C=O) groups excluding carboxylic acids is 2. The van der Waals surface area contributed by atoms with Crippen molar-refractivity contribution in [2.45, 2.75) is 50.1 Å². The first kappa shape index (κ1) is 14.7. The van der Waals surface area contributed by atoms with Gasteiger partial charge >= 0.3 is 0 Å². The van der Waals surface area contributed by atoms with Crippen molar-refractivity contribution in [3.8, 4) is 0 Å². The Morgan fingerprint density at radius 3 is 2.43 bits per heavy atom. The van der Waals surface area contributed by atoms with Crippen molar-refractivity contribution >= 4 is 11.8 Å². The molecule has 3 aliphatic rings. The van der Waals surface area contributed by atoms with Gasteiger partial charge in [0.1, 0.15) is 5.82 Å². The van der Waals surface area contributed by atoms with E-state index in [-0.39, 0.29) is 42.1 Å². The Bertz CT molecular complexity index is 622. The topological polar surface area (TPSA) is 49.4 Å². The van der Waals surface area contributed by atoms with Crippen molar-refractivity contribution in [1.29, 1.82) is 0 Å². The van der Waals surface area contributed by atoms with Gasteiger partial charge < -0.3 is 10.2 Å². The maximum absolute atomic E-state index is 13.0. The Morgan fingerprint density at radius 2 is 1.83 bits per heavy atom. The Morgan fingerprint density at radius 1 is 1.13 bits per heavy atom. The Hall–Kier alpha value is -1.91. The fraction of sp³-hybridized carbons (Fsp3) is 0.556. The molecule has 3 fully saturated rings. The van der Waals surface area contributed by atoms with E-state index in [0.29, 0.717) is 6.04 Å². The Labute approximate surface area is 135 Å². The highest BCUT2D eigenvalue weighted by Crippen LogP contribution is 2.49. The van der Waals surface area contributed by atoms with Gasteiger partial charge in [0.25, 0.3) is 0 Å². The molecular weight excluding hydrogens is 295 g/mol. The SMILES string of the molecule is O=C(CN(C(=O)[C@H]1C[C@H]1c1ccc(F)cc1)C1CC1)NC1CC1. The number of benzene rings is 1. The van der Waals surface area contributed by atoms with Crippen LogP contribution in [0.15, 0.2) is 24.3 Å². The molecule has 3 aliphatic carbocycles. The van der Waals surface area contributed by atoms with Gasteiger partial charge in [-0.05, 0) is 55.7 Å². The minimum absolute atomic E-state index is 0.0354. The van der Waals surface area contributed by atoms with Crippen LogP contribution in [0.4, 0.5) is 4.39 Å². The van der Waals surface area contributed by atoms with Crippen LogP contribution < -0.4 is 5.32 Å². The fourth-order valence-corrected chi connectivity index (χ4v) is 3.19. The average Bonchev–Trinajstić information content (AvgIpc) is 3.34. The molecule has 0 bridgehead atoms. The number of nitrogens with one attached hydrogen (secondary N) is 1. The van der Waals surface area contributed by atoms with Crippen molar-refractivity contribution in [3.63, 3.8) is 0 Å². The van der Waals surface area contributed by atoms with Gasteiger partial charge in [-0.3, -0.25) is 9.59 Å². The number of rotatable bonds is 6. The lowest BCUT2D eigenvalue weighted by molar-refractivity contribution is -0.137. The number of nitrogens with zero attached hydrogens (tertiary/aromatic N) is 1. The van der Waals surface area contributed by atoms with E-state index in [2.05, 4.69) is 5.32 Å². The molecule has 122 valence electrons. The predicted molar refractivity (Wildman–Crippen MR) is 83.1 cm³/mol. The smallest absolute Gasteiger partial charge is 0.239 e. The Balaban J connectivity index is 1.38. The first-order valence-corrected chi connectivity index (χ1v) is 8.47. The number of hydrogen-bond acceptors (Lipinski definition) is 2. The third kappa shape index (κ3) is 3.38. The lowest BCUT2D eigenvalue weighted by Crippen LogP contribution is -2.43. The standard InChI is InChI=1S/C18H21FN2O2/c19-12-3-1-11(2-4-12)15-9-16(15)18(23)21(14-7-8-14)10-17(22)20-13-5-6-13/h1-4,13-16H,5-10H2,(H,20,22)/t15-,16-/m0/s1. The normalized spacial score (nSPS) is 25.8. The number of amides is 2. The van der Waals surface area contributed by atoms with E-state index >= 15 is 0 Å². The first-order valence-electron chi connectivity index (χ1n) is 8.47. The van der Waals surface area contributed by atoms with Crippen molar-refractivity contribution in [1.82, 2.24) is 10.2 Å². The molecular formula is C18H21FN2O2. The van der Waals surface area contributed by atoms with E-state index in [9.17, 15) is 14.0 Å². The van der Waals surface area contributed by atoms with Crippen LogP contribution in [0.5, 0.6) is 0 Å². The maximum atomic E-state index is 13.0. The molecule has 3 saturated carbocycles. The van der Waals surface area contributed by atoms with Crippen LogP contribution in [0, 0.1) is 11.7 Å². The summed E-state index contributed by atoms with van der Waals surface area (Å²) in [7, 11) is 0. The van der Waals surface area contributed by atoms with E-state index in [1.807, 2.05) is 0 Å². The third-order valence-corrected chi connectivity index (χ3v) is 4.93. The predicted octanol–water partition coefficient (Wildman–Crippen LogP) is 2.20. The van der Waals surface area contributed by atoms with E-state index in [1.165, 1.54) is 12.1 Å². The molecule has 0 radical (unpaired) electrons. The summed E-state index contributed by atoms with van der Waals surface area (Å²) in [5.41, 5.74) is 1.02. The van der Waals surface area contributed by atoms with Crippen LogP contribution >= 0.6 is 0 Å². The zero-order valence-electron chi connectivity index (χ0n) is 13.0. The highest BCUT2D eigenvalue weighted by Gasteiger charge is 2.48. The molecule has 0 spiro atoms. The van der Waals surface area contributed by atoms with Gasteiger partial charge in [-0.25, -0.2) is 4.39 Å². The molecule has 0 heterocycles. The quantitative estimate of drug-likeness (QED) is 0.875. The summed E-state index contributed by atoms with van der Waals surface area (Å²) in [4.78, 5) is 26.5. The van der Waals surface area contributed by atoms with Crippen molar-refractivity contribution in [2.24, 2.45) is 5.92 Å². The molecule has 0 aliphatic heterocycles. The van der Waals surface area contributed by atoms with Crippen LogP contribution in [-0.4, -0.2) is 35.3 Å². The van der Waals surface area contributed by atoms with Crippen LogP contribution in [0.3, 0.4) is 0 Å². The van der Waals surface area contributed by atoms with Gasteiger partial charge in [0.05, 0.1) is 6.54 Å². The molecule has 4 rings (SSSR count). The summed E-state index contributed by atoms with van der Waals surface area (Å²) in [6, 6.07) is 6.96. The molecule has 0 saturated heterocycles. The second-order valence-corrected chi connectivity index (χ2v) is 7.04. The molecule has 1 aromatic carbocycles. The van der Waals surface area contributed by atoms with Crippen LogP contribution in [0.1, 0.15) is 43.6 Å². The molecule has 4 nitrogen and oxygen atoms in total. The van der Waals surface area contributed by atoms with Crippen molar-refractivity contribution < 1.29 is 14.0 Å². The molecule has 1 aromatic rings. The minimum atomic E-state index is -0.256. The highest BCUT2D eigenvalue weighted by molar-refractivity contribution is 5.88. The summed E-state index contributed by atoms with van der Waals surface area (Å²) < 4.78 is 13.0. The number of halogens is 1. The van der Waals surface area contributed by atoms with Crippen LogP contribution in [-0.2, 0) is 9.59 Å². The van der Waals surface area contributed by atoms with E-state index < -0.39 is 0 Å². The van der Waals surface area contributed by atoms with Gasteiger partial charge in [-0.15, -0.1) is 0 Å². The monoisotopic (exact) mass is 316 g/mol. The zero-order chi connectivity index (χ0) is 16.0. The molecule has 0 unspecified atom stereocenters. The molecule has 5 heteroatoms. The fourth-order valence-electron chi connectivity index (χ4n) is 3.19. The first-order chi connectivity index (χ1) is 11.1. The molecule has 0 aromatic heterocycles. The molecule has 2 atom stereocenters. The summed E-state index contributed by atoms with van der Waals surface area (Å²) >= 11 is 0. The van der Waals surface area contributed by atoms with E-state index in [0.717, 1.165) is 37.7 Å². The summed E-state index contributed by atoms with van der Waals surface area (Å²) in [6.45, 7) is 0.187. The lowest BCUT2D eigenvalue weighted by Gasteiger charge is -2.22. The Kier molecular flexibility index (Phi) is 3.58. The van der Waals surface area contributed by atoms with E-state index in [4.69, 9.17) is 0 Å². The summed E-state index contributed by atoms with van der Waals surface area (Å²) in [5, 5.41) is 2.96. The van der Waals surface area contributed by atoms with Gasteiger partial charge in [-0.2, -0.15) is 0 Å².